The molecule has 0 bridgehead atoms. The third-order valence-corrected chi connectivity index (χ3v) is 7.25. The zero-order chi connectivity index (χ0) is 26.5. The standard InChI is InChI=1S/C26H19Cl2N5O4/c1-32(25(34)35)17-6-3-14(4-7-17)21-12-30-24(31-21)26(36)9-8-18-22(28)20(13-33(37)23(18)26)19-10-16(27)5-2-15(19)11-29/h2-7,10,12-13,36H,8-9H2,1H3,(H,30,31)(H,34,35). The predicted molar refractivity (Wildman–Crippen MR) is 137 cm³/mol. The zero-order valence-electron chi connectivity index (χ0n) is 19.4. The van der Waals surface area contributed by atoms with Crippen LogP contribution in [0.2, 0.25) is 10.0 Å². The van der Waals surface area contributed by atoms with Crippen LogP contribution in [0.5, 0.6) is 0 Å². The summed E-state index contributed by atoms with van der Waals surface area (Å²) in [5.74, 6) is 0.182. The molecular formula is C26H19Cl2N5O4. The molecule has 1 aliphatic rings. The van der Waals surface area contributed by atoms with Gasteiger partial charge in [-0.25, -0.2) is 9.78 Å². The minimum Gasteiger partial charge on any atom is -0.618 e. The molecule has 4 aromatic rings. The number of nitriles is 1. The van der Waals surface area contributed by atoms with Gasteiger partial charge >= 0.3 is 6.09 Å². The number of hydrogen-bond acceptors (Lipinski definition) is 5. The highest BCUT2D eigenvalue weighted by atomic mass is 35.5. The van der Waals surface area contributed by atoms with Gasteiger partial charge in [0.1, 0.15) is 5.82 Å². The summed E-state index contributed by atoms with van der Waals surface area (Å²) in [6.07, 6.45) is 2.26. The number of nitrogens with one attached hydrogen (secondary N) is 1. The molecule has 1 aliphatic carbocycles. The number of rotatable bonds is 4. The number of imidazole rings is 1. The molecule has 11 heteroatoms. The number of aromatic nitrogens is 3. The van der Waals surface area contributed by atoms with Gasteiger partial charge in [-0.15, -0.1) is 0 Å². The SMILES string of the molecule is CN(C(=O)O)c1ccc(-c2c[nH]c(C3(O)CCc4c(Cl)c(-c5cc(Cl)ccc5C#N)c[n+]([O-])c43)n2)cc1. The molecule has 3 N–H and O–H groups in total. The van der Waals surface area contributed by atoms with Crippen molar-refractivity contribution in [2.24, 2.45) is 0 Å². The lowest BCUT2D eigenvalue weighted by atomic mass is 9.97. The number of hydrogen-bond donors (Lipinski definition) is 3. The number of benzene rings is 2. The maximum absolute atomic E-state index is 13.3. The molecular weight excluding hydrogens is 517 g/mol. The molecule has 0 saturated carbocycles. The quantitative estimate of drug-likeness (QED) is 0.252. The average molecular weight is 536 g/mol. The van der Waals surface area contributed by atoms with Gasteiger partial charge in [0, 0.05) is 40.6 Å². The summed E-state index contributed by atoms with van der Waals surface area (Å²) in [6.45, 7) is 0. The number of anilines is 1. The number of fused-ring (bicyclic) bond motifs is 1. The fraction of sp³-hybridized carbons (Fsp3) is 0.154. The van der Waals surface area contributed by atoms with Crippen LogP contribution in [0.15, 0.2) is 54.9 Å². The Labute approximate surface area is 221 Å². The zero-order valence-corrected chi connectivity index (χ0v) is 20.9. The third kappa shape index (κ3) is 4.05. The van der Waals surface area contributed by atoms with Gasteiger partial charge in [-0.1, -0.05) is 35.3 Å². The average Bonchev–Trinajstić information content (AvgIpc) is 3.52. The van der Waals surface area contributed by atoms with Crippen LogP contribution in [-0.4, -0.2) is 33.3 Å². The number of aromatic amines is 1. The summed E-state index contributed by atoms with van der Waals surface area (Å²) >= 11 is 12.9. The van der Waals surface area contributed by atoms with E-state index in [1.165, 1.54) is 13.2 Å². The number of pyridine rings is 1. The van der Waals surface area contributed by atoms with Crippen LogP contribution in [0.25, 0.3) is 22.4 Å². The van der Waals surface area contributed by atoms with Crippen molar-refractivity contribution in [2.75, 3.05) is 11.9 Å². The normalized spacial score (nSPS) is 16.3. The highest BCUT2D eigenvalue weighted by molar-refractivity contribution is 6.34. The van der Waals surface area contributed by atoms with Crippen molar-refractivity contribution in [1.82, 2.24) is 9.97 Å². The number of nitrogens with zero attached hydrogens (tertiary/aromatic N) is 4. The van der Waals surface area contributed by atoms with Crippen LogP contribution >= 0.6 is 23.2 Å². The molecule has 2 heterocycles. The van der Waals surface area contributed by atoms with Gasteiger partial charge in [0.05, 0.1) is 27.9 Å². The number of H-pyrrole nitrogens is 1. The van der Waals surface area contributed by atoms with Gasteiger partial charge in [0.15, 0.2) is 6.20 Å². The molecule has 5 rings (SSSR count). The van der Waals surface area contributed by atoms with E-state index in [1.54, 1.807) is 48.7 Å². The number of carboxylic acid groups (broad SMARTS) is 1. The van der Waals surface area contributed by atoms with Crippen molar-refractivity contribution in [3.05, 3.63) is 92.8 Å². The fourth-order valence-electron chi connectivity index (χ4n) is 4.63. The van der Waals surface area contributed by atoms with Gasteiger partial charge in [0.25, 0.3) is 0 Å². The molecule has 0 radical (unpaired) electrons. The van der Waals surface area contributed by atoms with Gasteiger partial charge in [-0.05, 0) is 43.2 Å². The summed E-state index contributed by atoms with van der Waals surface area (Å²) in [4.78, 5) is 19.8. The largest absolute Gasteiger partial charge is 0.618 e. The minimum absolute atomic E-state index is 0.0705. The lowest BCUT2D eigenvalue weighted by Crippen LogP contribution is -2.42. The topological polar surface area (TPSA) is 140 Å². The fourth-order valence-corrected chi connectivity index (χ4v) is 5.13. The Morgan fingerprint density at radius 2 is 1.97 bits per heavy atom. The van der Waals surface area contributed by atoms with Gasteiger partial charge in [-0.3, -0.25) is 4.90 Å². The van der Waals surface area contributed by atoms with E-state index in [1.807, 2.05) is 0 Å². The van der Waals surface area contributed by atoms with E-state index in [9.17, 15) is 20.4 Å². The summed E-state index contributed by atoms with van der Waals surface area (Å²) < 4.78 is 0.574. The van der Waals surface area contributed by atoms with E-state index >= 15 is 0 Å². The first-order valence-electron chi connectivity index (χ1n) is 11.1. The molecule has 0 aliphatic heterocycles. The molecule has 0 spiro atoms. The summed E-state index contributed by atoms with van der Waals surface area (Å²) in [5.41, 5.74) is 1.63. The predicted octanol–water partition coefficient (Wildman–Crippen LogP) is 4.85. The van der Waals surface area contributed by atoms with Crippen LogP contribution in [-0.2, 0) is 12.0 Å². The Kier molecular flexibility index (Phi) is 6.04. The van der Waals surface area contributed by atoms with Crippen LogP contribution in [0.4, 0.5) is 10.5 Å². The molecule has 2 aromatic carbocycles. The first-order valence-corrected chi connectivity index (χ1v) is 11.9. The van der Waals surface area contributed by atoms with E-state index in [4.69, 9.17) is 28.3 Å². The molecule has 2 aromatic heterocycles. The Morgan fingerprint density at radius 3 is 2.65 bits per heavy atom. The second-order valence-electron chi connectivity index (χ2n) is 8.69. The van der Waals surface area contributed by atoms with Gasteiger partial charge in [0.2, 0.25) is 11.3 Å². The molecule has 1 unspecified atom stereocenters. The lowest BCUT2D eigenvalue weighted by Gasteiger charge is -2.20. The summed E-state index contributed by atoms with van der Waals surface area (Å²) in [5, 5.41) is 44.2. The number of carbonyl (C=O) groups is 1. The molecule has 186 valence electrons. The highest BCUT2D eigenvalue weighted by Crippen LogP contribution is 2.45. The van der Waals surface area contributed by atoms with Crippen LogP contribution in [0.1, 0.15) is 29.1 Å². The molecule has 1 atom stereocenters. The molecule has 0 fully saturated rings. The van der Waals surface area contributed by atoms with Crippen LogP contribution in [0, 0.1) is 16.5 Å². The van der Waals surface area contributed by atoms with Crippen molar-refractivity contribution < 1.29 is 19.7 Å². The maximum Gasteiger partial charge on any atom is 0.411 e. The van der Waals surface area contributed by atoms with E-state index < -0.39 is 11.7 Å². The minimum atomic E-state index is -1.71. The van der Waals surface area contributed by atoms with E-state index in [0.717, 1.165) is 4.90 Å². The van der Waals surface area contributed by atoms with Crippen molar-refractivity contribution in [3.8, 4) is 28.5 Å². The van der Waals surface area contributed by atoms with E-state index in [-0.39, 0.29) is 23.0 Å². The Bertz CT molecular complexity index is 1600. The lowest BCUT2D eigenvalue weighted by molar-refractivity contribution is -0.620. The van der Waals surface area contributed by atoms with Crippen molar-refractivity contribution >= 4 is 35.0 Å². The number of aliphatic hydroxyl groups is 1. The van der Waals surface area contributed by atoms with Gasteiger partial charge in [-0.2, -0.15) is 9.99 Å². The smallest absolute Gasteiger partial charge is 0.411 e. The first-order chi connectivity index (χ1) is 17.6. The number of amides is 1. The van der Waals surface area contributed by atoms with Crippen LogP contribution < -0.4 is 9.63 Å². The Morgan fingerprint density at radius 1 is 1.24 bits per heavy atom. The van der Waals surface area contributed by atoms with Crippen molar-refractivity contribution in [3.63, 3.8) is 0 Å². The van der Waals surface area contributed by atoms with Crippen molar-refractivity contribution in [2.45, 2.75) is 18.4 Å². The maximum atomic E-state index is 13.3. The summed E-state index contributed by atoms with van der Waals surface area (Å²) in [7, 11) is 1.44. The van der Waals surface area contributed by atoms with E-state index in [0.29, 0.717) is 55.4 Å². The molecule has 1 amide bonds. The van der Waals surface area contributed by atoms with Gasteiger partial charge < -0.3 is 20.4 Å². The van der Waals surface area contributed by atoms with Crippen LogP contribution in [0.3, 0.4) is 0 Å². The van der Waals surface area contributed by atoms with Crippen molar-refractivity contribution in [1.29, 1.82) is 5.26 Å². The highest BCUT2D eigenvalue weighted by Gasteiger charge is 2.49. The third-order valence-electron chi connectivity index (χ3n) is 6.58. The molecule has 0 saturated heterocycles. The van der Waals surface area contributed by atoms with E-state index in [2.05, 4.69) is 16.0 Å². The second kappa shape index (κ2) is 9.09. The Balaban J connectivity index is 1.53. The molecule has 9 nitrogen and oxygen atoms in total. The monoisotopic (exact) mass is 535 g/mol. The second-order valence-corrected chi connectivity index (χ2v) is 9.51. The summed E-state index contributed by atoms with van der Waals surface area (Å²) in [6, 6.07) is 13.5. The number of halogens is 2. The molecule has 37 heavy (non-hydrogen) atoms. The first kappa shape index (κ1) is 24.6. The Hall–Kier alpha value is -4.10.